The largest absolute Gasteiger partial charge is 0.447 e. The van der Waals surface area contributed by atoms with Crippen LogP contribution in [0, 0.1) is 0 Å². The highest BCUT2D eigenvalue weighted by atomic mass is 32.2. The molecule has 12 heteroatoms. The molecule has 2 heterocycles. The van der Waals surface area contributed by atoms with Crippen molar-refractivity contribution >= 4 is 58.2 Å². The molecular weight excluding hydrogens is 454 g/mol. The molecule has 1 aliphatic rings. The molecular formula is C20H19N5O5S2. The van der Waals surface area contributed by atoms with Gasteiger partial charge in [-0.1, -0.05) is 18.2 Å². The number of carbonyl (C=O) groups is 3. The second-order valence-electron chi connectivity index (χ2n) is 6.74. The molecule has 2 aromatic carbocycles. The zero-order valence-corrected chi connectivity index (χ0v) is 18.3. The van der Waals surface area contributed by atoms with E-state index in [0.717, 1.165) is 21.9 Å². The molecule has 0 bridgehead atoms. The SMILES string of the molecule is O=C(CC1Sc2ccccc2NC1=O)NNC(=O)OCCSCc1ccc2nonc2c1. The third kappa shape index (κ3) is 5.71. The van der Waals surface area contributed by atoms with E-state index in [4.69, 9.17) is 4.74 Å². The summed E-state index contributed by atoms with van der Waals surface area (Å²) in [5.41, 5.74) is 7.65. The van der Waals surface area contributed by atoms with Gasteiger partial charge in [-0.25, -0.2) is 14.8 Å². The summed E-state index contributed by atoms with van der Waals surface area (Å²) in [6, 6.07) is 13.0. The predicted molar refractivity (Wildman–Crippen MR) is 120 cm³/mol. The normalized spacial score (nSPS) is 15.0. The molecule has 166 valence electrons. The van der Waals surface area contributed by atoms with E-state index in [1.165, 1.54) is 11.8 Å². The van der Waals surface area contributed by atoms with Crippen molar-refractivity contribution < 1.29 is 23.7 Å². The summed E-state index contributed by atoms with van der Waals surface area (Å²) in [7, 11) is 0. The van der Waals surface area contributed by atoms with Crippen LogP contribution in [-0.4, -0.2) is 45.8 Å². The number of amides is 3. The molecule has 1 aliphatic heterocycles. The molecule has 0 spiro atoms. The molecule has 1 aromatic heterocycles. The number of para-hydroxylation sites is 1. The first-order valence-corrected chi connectivity index (χ1v) is 11.7. The smallest absolute Gasteiger partial charge is 0.426 e. The Morgan fingerprint density at radius 2 is 2.00 bits per heavy atom. The van der Waals surface area contributed by atoms with Gasteiger partial charge in [-0.05, 0) is 40.1 Å². The lowest BCUT2D eigenvalue weighted by atomic mass is 10.2. The summed E-state index contributed by atoms with van der Waals surface area (Å²) < 4.78 is 9.71. The highest BCUT2D eigenvalue weighted by molar-refractivity contribution is 8.01. The second-order valence-corrected chi connectivity index (χ2v) is 9.09. The number of thioether (sulfide) groups is 2. The Kier molecular flexibility index (Phi) is 7.12. The highest BCUT2D eigenvalue weighted by Crippen LogP contribution is 2.36. The van der Waals surface area contributed by atoms with E-state index < -0.39 is 17.3 Å². The van der Waals surface area contributed by atoms with Gasteiger partial charge < -0.3 is 10.1 Å². The molecule has 1 unspecified atom stereocenters. The van der Waals surface area contributed by atoms with E-state index in [0.29, 0.717) is 16.8 Å². The van der Waals surface area contributed by atoms with Crippen molar-refractivity contribution in [3.63, 3.8) is 0 Å². The third-order valence-corrected chi connectivity index (χ3v) is 6.70. The maximum absolute atomic E-state index is 12.1. The van der Waals surface area contributed by atoms with Crippen molar-refractivity contribution in [3.05, 3.63) is 48.0 Å². The van der Waals surface area contributed by atoms with Crippen molar-refractivity contribution in [3.8, 4) is 0 Å². The van der Waals surface area contributed by atoms with Gasteiger partial charge in [-0.15, -0.1) is 11.8 Å². The Morgan fingerprint density at radius 1 is 1.16 bits per heavy atom. The Morgan fingerprint density at radius 3 is 2.91 bits per heavy atom. The zero-order chi connectivity index (χ0) is 22.3. The van der Waals surface area contributed by atoms with Crippen molar-refractivity contribution in [2.45, 2.75) is 22.3 Å². The maximum atomic E-state index is 12.1. The number of benzene rings is 2. The van der Waals surface area contributed by atoms with E-state index in [-0.39, 0.29) is 18.9 Å². The second kappa shape index (κ2) is 10.4. The summed E-state index contributed by atoms with van der Waals surface area (Å²) in [6.07, 6.45) is -0.841. The number of hydrogen-bond acceptors (Lipinski definition) is 9. The summed E-state index contributed by atoms with van der Waals surface area (Å²) in [5.74, 6) is 0.562. The Labute approximate surface area is 191 Å². The van der Waals surface area contributed by atoms with Gasteiger partial charge >= 0.3 is 6.09 Å². The van der Waals surface area contributed by atoms with Crippen molar-refractivity contribution in [2.24, 2.45) is 0 Å². The minimum absolute atomic E-state index is 0.0770. The fourth-order valence-corrected chi connectivity index (χ4v) is 4.78. The van der Waals surface area contributed by atoms with E-state index in [1.807, 2.05) is 36.4 Å². The van der Waals surface area contributed by atoms with E-state index in [2.05, 4.69) is 31.1 Å². The quantitative estimate of drug-likeness (QED) is 0.349. The minimum atomic E-state index is -0.764. The van der Waals surface area contributed by atoms with Gasteiger partial charge in [0.1, 0.15) is 17.6 Å². The number of hydrazine groups is 1. The number of rotatable bonds is 7. The predicted octanol–water partition coefficient (Wildman–Crippen LogP) is 2.72. The van der Waals surface area contributed by atoms with Crippen molar-refractivity contribution in [1.82, 2.24) is 21.2 Å². The minimum Gasteiger partial charge on any atom is -0.447 e. The van der Waals surface area contributed by atoms with Gasteiger partial charge in [0.2, 0.25) is 11.8 Å². The standard InChI is InChI=1S/C20H19N5O5S2/c26-18(10-17-19(27)21-14-3-1-2-4-16(14)32-17)22-23-20(28)29-7-8-31-11-12-5-6-13-15(9-12)25-30-24-13/h1-6,9,17H,7-8,10-11H2,(H,21,27)(H,22,26)(H,23,28). The maximum Gasteiger partial charge on any atom is 0.426 e. The lowest BCUT2D eigenvalue weighted by Gasteiger charge is -2.23. The molecule has 10 nitrogen and oxygen atoms in total. The summed E-state index contributed by atoms with van der Waals surface area (Å²) >= 11 is 2.90. The van der Waals surface area contributed by atoms with Crippen LogP contribution in [0.2, 0.25) is 0 Å². The van der Waals surface area contributed by atoms with Gasteiger partial charge in [-0.3, -0.25) is 15.0 Å². The first-order chi connectivity index (χ1) is 15.6. The topological polar surface area (TPSA) is 135 Å². The first kappa shape index (κ1) is 22.0. The molecule has 3 amide bonds. The van der Waals surface area contributed by atoms with Crippen LogP contribution >= 0.6 is 23.5 Å². The van der Waals surface area contributed by atoms with Crippen LogP contribution in [0.4, 0.5) is 10.5 Å². The van der Waals surface area contributed by atoms with Gasteiger partial charge in [0.05, 0.1) is 10.9 Å². The summed E-state index contributed by atoms with van der Waals surface area (Å²) in [5, 5.41) is 9.75. The molecule has 0 saturated heterocycles. The Balaban J connectivity index is 1.11. The van der Waals surface area contributed by atoms with Crippen molar-refractivity contribution in [1.29, 1.82) is 0 Å². The summed E-state index contributed by atoms with van der Waals surface area (Å²) in [4.78, 5) is 36.9. The molecule has 3 N–H and O–H groups in total. The van der Waals surface area contributed by atoms with E-state index in [1.54, 1.807) is 17.8 Å². The number of carbonyl (C=O) groups excluding carboxylic acids is 3. The fourth-order valence-electron chi connectivity index (χ4n) is 2.90. The van der Waals surface area contributed by atoms with Crippen molar-refractivity contribution in [2.75, 3.05) is 17.7 Å². The number of ether oxygens (including phenoxy) is 1. The van der Waals surface area contributed by atoms with Crippen LogP contribution < -0.4 is 16.2 Å². The first-order valence-electron chi connectivity index (χ1n) is 9.65. The average molecular weight is 474 g/mol. The van der Waals surface area contributed by atoms with Gasteiger partial charge in [0, 0.05) is 22.8 Å². The number of hydrogen-bond donors (Lipinski definition) is 3. The molecule has 32 heavy (non-hydrogen) atoms. The third-order valence-electron chi connectivity index (χ3n) is 4.43. The van der Waals surface area contributed by atoms with Gasteiger partial charge in [-0.2, -0.15) is 11.8 Å². The molecule has 3 aromatic rings. The van der Waals surface area contributed by atoms with Gasteiger partial charge in [0.15, 0.2) is 0 Å². The molecule has 0 aliphatic carbocycles. The Bertz CT molecular complexity index is 1140. The van der Waals surface area contributed by atoms with E-state index in [9.17, 15) is 14.4 Å². The van der Waals surface area contributed by atoms with Crippen LogP contribution in [-0.2, 0) is 20.1 Å². The van der Waals surface area contributed by atoms with Crippen LogP contribution in [0.5, 0.6) is 0 Å². The highest BCUT2D eigenvalue weighted by Gasteiger charge is 2.28. The van der Waals surface area contributed by atoms with Crippen LogP contribution in [0.25, 0.3) is 11.0 Å². The number of aromatic nitrogens is 2. The number of anilines is 1. The van der Waals surface area contributed by atoms with Crippen LogP contribution in [0.1, 0.15) is 12.0 Å². The zero-order valence-electron chi connectivity index (χ0n) is 16.7. The fraction of sp³-hybridized carbons (Fsp3) is 0.250. The van der Waals surface area contributed by atoms with Crippen LogP contribution in [0.3, 0.4) is 0 Å². The molecule has 0 fully saturated rings. The lowest BCUT2D eigenvalue weighted by Crippen LogP contribution is -2.44. The molecule has 1 atom stereocenters. The Hall–Kier alpha value is -3.25. The summed E-state index contributed by atoms with van der Waals surface area (Å²) in [6.45, 7) is 0.178. The molecule has 4 rings (SSSR count). The van der Waals surface area contributed by atoms with Crippen LogP contribution in [0.15, 0.2) is 52.0 Å². The number of fused-ring (bicyclic) bond motifs is 2. The monoisotopic (exact) mass is 473 g/mol. The number of nitrogens with zero attached hydrogens (tertiary/aromatic N) is 2. The number of nitrogens with one attached hydrogen (secondary N) is 3. The molecule has 0 saturated carbocycles. The van der Waals surface area contributed by atoms with Gasteiger partial charge in [0.25, 0.3) is 0 Å². The molecule has 0 radical (unpaired) electrons. The lowest BCUT2D eigenvalue weighted by molar-refractivity contribution is -0.124. The average Bonchev–Trinajstić information content (AvgIpc) is 3.26. The van der Waals surface area contributed by atoms with E-state index >= 15 is 0 Å².